The van der Waals surface area contributed by atoms with Crippen LogP contribution < -0.4 is 5.73 Å². The number of guanidine groups is 1. The molecular formula is C24H47N5O4. The summed E-state index contributed by atoms with van der Waals surface area (Å²) >= 11 is 0. The van der Waals surface area contributed by atoms with Crippen molar-refractivity contribution in [1.29, 1.82) is 0 Å². The Morgan fingerprint density at radius 3 is 2.27 bits per heavy atom. The average molecular weight is 470 g/mol. The van der Waals surface area contributed by atoms with E-state index in [0.717, 1.165) is 25.8 Å². The predicted molar refractivity (Wildman–Crippen MR) is 132 cm³/mol. The van der Waals surface area contributed by atoms with Gasteiger partial charge in [0.25, 0.3) is 0 Å². The molecule has 1 saturated heterocycles. The summed E-state index contributed by atoms with van der Waals surface area (Å²) in [6, 6.07) is -0.179. The van der Waals surface area contributed by atoms with Crippen LogP contribution in [0.3, 0.4) is 0 Å². The summed E-state index contributed by atoms with van der Waals surface area (Å²) in [6.07, 6.45) is 2.57. The predicted octanol–water partition coefficient (Wildman–Crippen LogP) is 1.80. The van der Waals surface area contributed by atoms with Crippen LogP contribution in [-0.4, -0.2) is 105 Å². The van der Waals surface area contributed by atoms with E-state index in [0.29, 0.717) is 11.9 Å². The molecule has 2 amide bonds. The van der Waals surface area contributed by atoms with E-state index in [-0.39, 0.29) is 48.9 Å². The molecule has 1 rings (SSSR count). The Bertz CT molecular complexity index is 655. The molecule has 0 aromatic heterocycles. The first-order valence-electron chi connectivity index (χ1n) is 12.1. The normalized spacial score (nSPS) is 20.5. The number of carbonyl (C=O) groups is 2. The summed E-state index contributed by atoms with van der Waals surface area (Å²) in [7, 11) is 8.65. The van der Waals surface area contributed by atoms with Gasteiger partial charge in [-0.3, -0.25) is 9.59 Å². The van der Waals surface area contributed by atoms with E-state index in [9.17, 15) is 9.59 Å². The Morgan fingerprint density at radius 2 is 1.79 bits per heavy atom. The fourth-order valence-electron chi connectivity index (χ4n) is 4.76. The molecule has 5 unspecified atom stereocenters. The largest absolute Gasteiger partial charge is 0.379 e. The second kappa shape index (κ2) is 13.7. The van der Waals surface area contributed by atoms with E-state index in [1.807, 2.05) is 4.90 Å². The lowest BCUT2D eigenvalue weighted by atomic mass is 9.90. The summed E-state index contributed by atoms with van der Waals surface area (Å²) in [6.45, 7) is 9.09. The first-order valence-corrected chi connectivity index (χ1v) is 12.1. The van der Waals surface area contributed by atoms with Crippen molar-refractivity contribution in [2.75, 3.05) is 48.5 Å². The Hall–Kier alpha value is -1.87. The molecule has 1 aliphatic heterocycles. The summed E-state index contributed by atoms with van der Waals surface area (Å²) in [5.74, 6) is 0.657. The van der Waals surface area contributed by atoms with Gasteiger partial charge in [-0.2, -0.15) is 0 Å². The number of hydrogen-bond acceptors (Lipinski definition) is 5. The number of nitrogens with zero attached hydrogens (tertiary/aromatic N) is 4. The quantitative estimate of drug-likeness (QED) is 0.346. The van der Waals surface area contributed by atoms with E-state index < -0.39 is 6.10 Å². The van der Waals surface area contributed by atoms with Crippen LogP contribution in [0.15, 0.2) is 4.99 Å². The van der Waals surface area contributed by atoms with Gasteiger partial charge in [-0.05, 0) is 24.7 Å². The minimum atomic E-state index is -0.419. The molecule has 33 heavy (non-hydrogen) atoms. The van der Waals surface area contributed by atoms with Crippen molar-refractivity contribution < 1.29 is 19.1 Å². The van der Waals surface area contributed by atoms with Crippen molar-refractivity contribution in [1.82, 2.24) is 14.7 Å². The summed E-state index contributed by atoms with van der Waals surface area (Å²) in [5, 5.41) is 0. The minimum Gasteiger partial charge on any atom is -0.379 e. The number of likely N-dealkylation sites (N-methyl/N-ethyl adjacent to an activating group) is 1. The standard InChI is InChI=1S/C24H47N5O4/c1-10-17(4)22(28(7)21(31)15-26-24(25)27(5)6)19(32-8)14-20(30)29-13-11-12-18(29)23(33-9)16(2)3/h16-19,22-23H,10-15H2,1-9H3,(H2,25,26). The monoisotopic (exact) mass is 469 g/mol. The molecule has 2 N–H and O–H groups in total. The maximum Gasteiger partial charge on any atom is 0.244 e. The summed E-state index contributed by atoms with van der Waals surface area (Å²) in [4.78, 5) is 35.8. The van der Waals surface area contributed by atoms with Crippen LogP contribution >= 0.6 is 0 Å². The highest BCUT2D eigenvalue weighted by atomic mass is 16.5. The van der Waals surface area contributed by atoms with Crippen molar-refractivity contribution in [3.05, 3.63) is 0 Å². The second-order valence-corrected chi connectivity index (χ2v) is 9.67. The molecular weight excluding hydrogens is 422 g/mol. The van der Waals surface area contributed by atoms with Gasteiger partial charge in [0.1, 0.15) is 6.54 Å². The zero-order chi connectivity index (χ0) is 25.3. The van der Waals surface area contributed by atoms with Gasteiger partial charge in [0.15, 0.2) is 5.96 Å². The first kappa shape index (κ1) is 29.2. The third-order valence-electron chi connectivity index (χ3n) is 6.89. The van der Waals surface area contributed by atoms with Gasteiger partial charge in [-0.25, -0.2) is 4.99 Å². The lowest BCUT2D eigenvalue weighted by Gasteiger charge is -2.39. The van der Waals surface area contributed by atoms with Crippen LogP contribution in [0.4, 0.5) is 0 Å². The first-order chi connectivity index (χ1) is 15.5. The lowest BCUT2D eigenvalue weighted by molar-refractivity contribution is -0.143. The molecule has 0 aliphatic carbocycles. The van der Waals surface area contributed by atoms with Gasteiger partial charge in [0.2, 0.25) is 11.8 Å². The third kappa shape index (κ3) is 7.84. The van der Waals surface area contributed by atoms with Crippen molar-refractivity contribution >= 4 is 17.8 Å². The van der Waals surface area contributed by atoms with Crippen LogP contribution in [0.25, 0.3) is 0 Å². The number of amides is 2. The highest BCUT2D eigenvalue weighted by molar-refractivity contribution is 5.84. The van der Waals surface area contributed by atoms with Gasteiger partial charge >= 0.3 is 0 Å². The second-order valence-electron chi connectivity index (χ2n) is 9.67. The van der Waals surface area contributed by atoms with Crippen LogP contribution in [0, 0.1) is 11.8 Å². The Kier molecular flexibility index (Phi) is 12.1. The van der Waals surface area contributed by atoms with E-state index in [1.165, 1.54) is 0 Å². The highest BCUT2D eigenvalue weighted by Gasteiger charge is 2.39. The number of methoxy groups -OCH3 is 2. The van der Waals surface area contributed by atoms with Gasteiger partial charge in [-0.15, -0.1) is 0 Å². The fraction of sp³-hybridized carbons (Fsp3) is 0.875. The molecule has 0 saturated carbocycles. The van der Waals surface area contributed by atoms with Crippen LogP contribution in [0.2, 0.25) is 0 Å². The molecule has 1 fully saturated rings. The smallest absolute Gasteiger partial charge is 0.244 e. The zero-order valence-electron chi connectivity index (χ0n) is 22.2. The topological polar surface area (TPSA) is 101 Å². The highest BCUT2D eigenvalue weighted by Crippen LogP contribution is 2.28. The van der Waals surface area contributed by atoms with Gasteiger partial charge < -0.3 is 29.9 Å². The molecule has 9 nitrogen and oxygen atoms in total. The molecule has 0 aromatic carbocycles. The van der Waals surface area contributed by atoms with Crippen molar-refractivity contribution in [2.24, 2.45) is 22.6 Å². The maximum absolute atomic E-state index is 13.4. The minimum absolute atomic E-state index is 0.00655. The number of likely N-dealkylation sites (tertiary alicyclic amines) is 1. The van der Waals surface area contributed by atoms with E-state index >= 15 is 0 Å². The molecule has 1 aliphatic rings. The number of rotatable bonds is 12. The van der Waals surface area contributed by atoms with Crippen molar-refractivity contribution in [2.45, 2.75) is 77.7 Å². The fourth-order valence-corrected chi connectivity index (χ4v) is 4.76. The lowest BCUT2D eigenvalue weighted by Crippen LogP contribution is -2.52. The number of aliphatic imine (C=N–C) groups is 1. The third-order valence-corrected chi connectivity index (χ3v) is 6.89. The van der Waals surface area contributed by atoms with E-state index in [2.05, 4.69) is 32.7 Å². The average Bonchev–Trinajstić information content (AvgIpc) is 3.25. The van der Waals surface area contributed by atoms with Crippen LogP contribution in [0.5, 0.6) is 0 Å². The zero-order valence-corrected chi connectivity index (χ0v) is 22.2. The molecule has 9 heteroatoms. The summed E-state index contributed by atoms with van der Waals surface area (Å²) < 4.78 is 11.6. The molecule has 0 radical (unpaired) electrons. The van der Waals surface area contributed by atoms with E-state index in [1.54, 1.807) is 45.2 Å². The Labute approximate surface area is 200 Å². The molecule has 0 bridgehead atoms. The molecule has 5 atom stereocenters. The van der Waals surface area contributed by atoms with Crippen LogP contribution in [-0.2, 0) is 19.1 Å². The summed E-state index contributed by atoms with van der Waals surface area (Å²) in [5.41, 5.74) is 5.84. The van der Waals surface area contributed by atoms with Gasteiger partial charge in [0.05, 0.1) is 30.7 Å². The molecule has 1 heterocycles. The maximum atomic E-state index is 13.4. The number of nitrogens with two attached hydrogens (primary N) is 1. The van der Waals surface area contributed by atoms with Gasteiger partial charge in [0, 0.05) is 41.9 Å². The van der Waals surface area contributed by atoms with Crippen molar-refractivity contribution in [3.8, 4) is 0 Å². The Balaban J connectivity index is 3.03. The number of ether oxygens (including phenoxy) is 2. The molecule has 0 spiro atoms. The van der Waals surface area contributed by atoms with Crippen molar-refractivity contribution in [3.63, 3.8) is 0 Å². The van der Waals surface area contributed by atoms with Gasteiger partial charge in [-0.1, -0.05) is 34.1 Å². The van der Waals surface area contributed by atoms with E-state index in [4.69, 9.17) is 15.2 Å². The Morgan fingerprint density at radius 1 is 1.15 bits per heavy atom. The number of carbonyl (C=O) groups excluding carboxylic acids is 2. The SMILES string of the molecule is CCC(C)C(C(CC(=O)N1CCCC1C(OC)C(C)C)OC)N(C)C(=O)CN=C(N)N(C)C. The number of hydrogen-bond donors (Lipinski definition) is 1. The molecule has 0 aromatic rings. The molecule has 192 valence electrons. The van der Waals surface area contributed by atoms with Crippen LogP contribution in [0.1, 0.15) is 53.4 Å².